The van der Waals surface area contributed by atoms with Gasteiger partial charge in [0.05, 0.1) is 0 Å². The van der Waals surface area contributed by atoms with Gasteiger partial charge in [0, 0.05) is 15.8 Å². The van der Waals surface area contributed by atoms with E-state index in [0.717, 1.165) is 0 Å². The van der Waals surface area contributed by atoms with Crippen molar-refractivity contribution in [2.45, 2.75) is 13.0 Å². The maximum Gasteiger partial charge on any atom is 0.0361 e. The van der Waals surface area contributed by atoms with Crippen LogP contribution < -0.4 is 5.73 Å². The van der Waals surface area contributed by atoms with Crippen molar-refractivity contribution >= 4 is 11.3 Å². The Hall–Kier alpha value is -1.90. The molecule has 1 heterocycles. The van der Waals surface area contributed by atoms with Crippen LogP contribution >= 0.6 is 11.3 Å². The predicted molar refractivity (Wildman–Crippen MR) is 87.8 cm³/mol. The molecular weight excluding hydrogens is 262 g/mol. The average Bonchev–Trinajstić information content (AvgIpc) is 2.98. The van der Waals surface area contributed by atoms with Crippen molar-refractivity contribution in [2.24, 2.45) is 5.73 Å². The predicted octanol–water partition coefficient (Wildman–Crippen LogP) is 5.10. The molecule has 3 rings (SSSR count). The molecule has 0 fully saturated rings. The van der Waals surface area contributed by atoms with E-state index < -0.39 is 0 Å². The van der Waals surface area contributed by atoms with Gasteiger partial charge in [0.2, 0.25) is 0 Å². The second-order valence-electron chi connectivity index (χ2n) is 4.93. The Labute approximate surface area is 123 Å². The molecule has 0 amide bonds. The first-order valence-corrected chi connectivity index (χ1v) is 7.57. The van der Waals surface area contributed by atoms with E-state index in [1.807, 2.05) is 13.0 Å². The number of nitrogens with two attached hydrogens (primary N) is 1. The van der Waals surface area contributed by atoms with Crippen molar-refractivity contribution in [3.8, 4) is 21.6 Å². The van der Waals surface area contributed by atoms with Crippen molar-refractivity contribution in [1.29, 1.82) is 0 Å². The average molecular weight is 279 g/mol. The molecule has 0 bridgehead atoms. The van der Waals surface area contributed by atoms with Crippen LogP contribution in [0.4, 0.5) is 0 Å². The zero-order valence-corrected chi connectivity index (χ0v) is 12.2. The third-order valence-corrected chi connectivity index (χ3v) is 4.69. The molecule has 0 radical (unpaired) electrons. The maximum absolute atomic E-state index is 5.92. The van der Waals surface area contributed by atoms with Crippen LogP contribution in [-0.4, -0.2) is 0 Å². The highest BCUT2D eigenvalue weighted by atomic mass is 32.1. The standard InChI is InChI=1S/C18H17NS/c1-13(19)17-11-12-18(20-17)16-9-7-15(8-10-16)14-5-3-2-4-6-14/h2-13H,19H2,1H3. The minimum Gasteiger partial charge on any atom is -0.324 e. The summed E-state index contributed by atoms with van der Waals surface area (Å²) in [7, 11) is 0. The first-order valence-electron chi connectivity index (χ1n) is 6.75. The molecule has 1 atom stereocenters. The zero-order valence-electron chi connectivity index (χ0n) is 11.4. The molecule has 1 nitrogen and oxygen atoms in total. The minimum atomic E-state index is 0.109. The van der Waals surface area contributed by atoms with Gasteiger partial charge >= 0.3 is 0 Å². The van der Waals surface area contributed by atoms with Crippen molar-refractivity contribution < 1.29 is 0 Å². The molecule has 2 aromatic carbocycles. The first-order chi connectivity index (χ1) is 9.74. The lowest BCUT2D eigenvalue weighted by Gasteiger charge is -2.03. The summed E-state index contributed by atoms with van der Waals surface area (Å²) in [5, 5.41) is 0. The van der Waals surface area contributed by atoms with Crippen LogP contribution in [-0.2, 0) is 0 Å². The number of thiophene rings is 1. The molecular formula is C18H17NS. The minimum absolute atomic E-state index is 0.109. The normalized spacial score (nSPS) is 12.3. The van der Waals surface area contributed by atoms with Gasteiger partial charge in [-0.3, -0.25) is 0 Å². The van der Waals surface area contributed by atoms with Gasteiger partial charge in [0.15, 0.2) is 0 Å². The van der Waals surface area contributed by atoms with Gasteiger partial charge in [0.25, 0.3) is 0 Å². The molecule has 2 N–H and O–H groups in total. The van der Waals surface area contributed by atoms with Gasteiger partial charge in [-0.15, -0.1) is 11.3 Å². The van der Waals surface area contributed by atoms with Crippen LogP contribution in [0.5, 0.6) is 0 Å². The Morgan fingerprint density at radius 1 is 0.750 bits per heavy atom. The summed E-state index contributed by atoms with van der Waals surface area (Å²) >= 11 is 1.77. The lowest BCUT2D eigenvalue weighted by molar-refractivity contribution is 0.838. The zero-order chi connectivity index (χ0) is 13.9. The van der Waals surface area contributed by atoms with E-state index >= 15 is 0 Å². The van der Waals surface area contributed by atoms with Crippen LogP contribution in [0.3, 0.4) is 0 Å². The summed E-state index contributed by atoms with van der Waals surface area (Å²) in [6.07, 6.45) is 0. The topological polar surface area (TPSA) is 26.0 Å². The van der Waals surface area contributed by atoms with E-state index in [4.69, 9.17) is 5.73 Å². The first kappa shape index (κ1) is 13.1. The van der Waals surface area contributed by atoms with E-state index in [1.165, 1.54) is 26.4 Å². The summed E-state index contributed by atoms with van der Waals surface area (Å²) < 4.78 is 0. The largest absolute Gasteiger partial charge is 0.324 e. The van der Waals surface area contributed by atoms with Gasteiger partial charge in [-0.05, 0) is 35.7 Å². The van der Waals surface area contributed by atoms with Crippen LogP contribution in [0, 0.1) is 0 Å². The molecule has 20 heavy (non-hydrogen) atoms. The van der Waals surface area contributed by atoms with E-state index in [1.54, 1.807) is 11.3 Å². The fourth-order valence-corrected chi connectivity index (χ4v) is 3.18. The highest BCUT2D eigenvalue weighted by Gasteiger charge is 2.06. The van der Waals surface area contributed by atoms with E-state index in [-0.39, 0.29) is 6.04 Å². The molecule has 3 aromatic rings. The third kappa shape index (κ3) is 2.67. The smallest absolute Gasteiger partial charge is 0.0361 e. The van der Waals surface area contributed by atoms with E-state index in [2.05, 4.69) is 60.7 Å². The fourth-order valence-electron chi connectivity index (χ4n) is 2.21. The number of hydrogen-bond acceptors (Lipinski definition) is 2. The Morgan fingerprint density at radius 2 is 1.35 bits per heavy atom. The number of hydrogen-bond donors (Lipinski definition) is 1. The lowest BCUT2D eigenvalue weighted by atomic mass is 10.0. The lowest BCUT2D eigenvalue weighted by Crippen LogP contribution is -2.01. The van der Waals surface area contributed by atoms with E-state index in [0.29, 0.717) is 0 Å². The van der Waals surface area contributed by atoms with Crippen LogP contribution in [0.2, 0.25) is 0 Å². The molecule has 0 saturated heterocycles. The van der Waals surface area contributed by atoms with Gasteiger partial charge in [-0.25, -0.2) is 0 Å². The number of benzene rings is 2. The Balaban J connectivity index is 1.89. The van der Waals surface area contributed by atoms with Gasteiger partial charge in [-0.2, -0.15) is 0 Å². The fraction of sp³-hybridized carbons (Fsp3) is 0.111. The molecule has 1 unspecified atom stereocenters. The van der Waals surface area contributed by atoms with Crippen LogP contribution in [0.25, 0.3) is 21.6 Å². The summed E-state index contributed by atoms with van der Waals surface area (Å²) in [5.74, 6) is 0. The molecule has 0 aliphatic carbocycles. The molecule has 2 heteroatoms. The maximum atomic E-state index is 5.92. The Bertz CT molecular complexity index is 681. The highest BCUT2D eigenvalue weighted by Crippen LogP contribution is 2.32. The molecule has 0 aliphatic rings. The summed E-state index contributed by atoms with van der Waals surface area (Å²) in [6.45, 7) is 2.02. The quantitative estimate of drug-likeness (QED) is 0.709. The van der Waals surface area contributed by atoms with Crippen molar-refractivity contribution in [3.05, 3.63) is 71.6 Å². The Morgan fingerprint density at radius 3 is 1.95 bits per heavy atom. The second-order valence-corrected chi connectivity index (χ2v) is 6.05. The van der Waals surface area contributed by atoms with Gasteiger partial charge in [0.1, 0.15) is 0 Å². The van der Waals surface area contributed by atoms with Gasteiger partial charge in [-0.1, -0.05) is 54.6 Å². The Kier molecular flexibility index (Phi) is 3.68. The SMILES string of the molecule is CC(N)c1ccc(-c2ccc(-c3ccccc3)cc2)s1. The summed E-state index contributed by atoms with van der Waals surface area (Å²) in [4.78, 5) is 2.50. The van der Waals surface area contributed by atoms with Gasteiger partial charge < -0.3 is 5.73 Å². The van der Waals surface area contributed by atoms with Crippen molar-refractivity contribution in [1.82, 2.24) is 0 Å². The van der Waals surface area contributed by atoms with Crippen LogP contribution in [0.1, 0.15) is 17.8 Å². The third-order valence-electron chi connectivity index (χ3n) is 3.35. The van der Waals surface area contributed by atoms with Crippen molar-refractivity contribution in [2.75, 3.05) is 0 Å². The summed E-state index contributed by atoms with van der Waals surface area (Å²) in [5.41, 5.74) is 9.67. The van der Waals surface area contributed by atoms with Crippen molar-refractivity contribution in [3.63, 3.8) is 0 Å². The second kappa shape index (κ2) is 5.61. The highest BCUT2D eigenvalue weighted by molar-refractivity contribution is 7.15. The monoisotopic (exact) mass is 279 g/mol. The molecule has 0 spiro atoms. The molecule has 1 aromatic heterocycles. The summed E-state index contributed by atoms with van der Waals surface area (Å²) in [6, 6.07) is 23.5. The molecule has 100 valence electrons. The molecule has 0 saturated carbocycles. The number of rotatable bonds is 3. The molecule has 0 aliphatic heterocycles. The van der Waals surface area contributed by atoms with Crippen LogP contribution in [0.15, 0.2) is 66.7 Å². The van der Waals surface area contributed by atoms with E-state index in [9.17, 15) is 0 Å².